The number of nitrogens with one attached hydrogen (secondary N) is 1. The number of likely N-dealkylation sites (N-methyl/N-ethyl adjacent to an activating group) is 1. The molecule has 2 aromatic carbocycles. The fourth-order valence-electron chi connectivity index (χ4n) is 2.50. The number of hydrogen-bond acceptors (Lipinski definition) is 2. The molecular formula is C19H20BrClN2O2. The first-order chi connectivity index (χ1) is 11.9. The highest BCUT2D eigenvalue weighted by Gasteiger charge is 2.25. The Morgan fingerprint density at radius 3 is 2.44 bits per heavy atom. The van der Waals surface area contributed by atoms with Crippen molar-refractivity contribution in [3.63, 3.8) is 0 Å². The van der Waals surface area contributed by atoms with Gasteiger partial charge in [-0.05, 0) is 42.3 Å². The molecule has 0 aliphatic rings. The second kappa shape index (κ2) is 9.02. The van der Waals surface area contributed by atoms with Gasteiger partial charge in [0.25, 0.3) is 0 Å². The Morgan fingerprint density at radius 2 is 1.84 bits per heavy atom. The lowest BCUT2D eigenvalue weighted by atomic mass is 10.1. The smallest absolute Gasteiger partial charge is 0.242 e. The molecule has 0 fully saturated rings. The predicted octanol–water partition coefficient (Wildman–Crippen LogP) is 3.81. The number of nitrogens with zero attached hydrogens (tertiary/aromatic N) is 1. The summed E-state index contributed by atoms with van der Waals surface area (Å²) in [6.45, 7) is 2.09. The van der Waals surface area contributed by atoms with Crippen LogP contribution in [0.25, 0.3) is 0 Å². The molecule has 2 rings (SSSR count). The lowest BCUT2D eigenvalue weighted by molar-refractivity contribution is -0.139. The molecule has 1 atom stereocenters. The minimum Gasteiger partial charge on any atom is -0.357 e. The van der Waals surface area contributed by atoms with Gasteiger partial charge >= 0.3 is 0 Å². The van der Waals surface area contributed by atoms with E-state index in [0.29, 0.717) is 11.6 Å². The van der Waals surface area contributed by atoms with E-state index in [-0.39, 0.29) is 18.2 Å². The van der Waals surface area contributed by atoms with Crippen LogP contribution >= 0.6 is 27.5 Å². The average Bonchev–Trinajstić information content (AvgIpc) is 2.59. The van der Waals surface area contributed by atoms with E-state index in [4.69, 9.17) is 11.6 Å². The zero-order chi connectivity index (χ0) is 18.4. The quantitative estimate of drug-likeness (QED) is 0.768. The predicted molar refractivity (Wildman–Crippen MR) is 103 cm³/mol. The Hall–Kier alpha value is -1.85. The molecule has 0 aliphatic heterocycles. The van der Waals surface area contributed by atoms with Gasteiger partial charge in [0.15, 0.2) is 0 Å². The minimum absolute atomic E-state index is 0.124. The lowest BCUT2D eigenvalue weighted by Gasteiger charge is -2.28. The zero-order valence-corrected chi connectivity index (χ0v) is 16.5. The van der Waals surface area contributed by atoms with Gasteiger partial charge in [-0.3, -0.25) is 9.59 Å². The summed E-state index contributed by atoms with van der Waals surface area (Å²) in [6.07, 6.45) is 0.193. The summed E-state index contributed by atoms with van der Waals surface area (Å²) < 4.78 is 0.965. The number of carbonyl (C=O) groups excluding carboxylic acids is 2. The van der Waals surface area contributed by atoms with E-state index in [0.717, 1.165) is 15.6 Å². The molecule has 0 bridgehead atoms. The highest BCUT2D eigenvalue weighted by atomic mass is 79.9. The van der Waals surface area contributed by atoms with E-state index in [1.165, 1.54) is 0 Å². The number of benzene rings is 2. The lowest BCUT2D eigenvalue weighted by Crippen LogP contribution is -2.47. The van der Waals surface area contributed by atoms with Crippen LogP contribution in [-0.4, -0.2) is 29.8 Å². The first-order valence-corrected chi connectivity index (χ1v) is 9.07. The van der Waals surface area contributed by atoms with Crippen molar-refractivity contribution in [2.75, 3.05) is 7.05 Å². The molecule has 0 saturated carbocycles. The van der Waals surface area contributed by atoms with Gasteiger partial charge in [0, 0.05) is 23.1 Å². The van der Waals surface area contributed by atoms with Crippen LogP contribution in [0.3, 0.4) is 0 Å². The molecule has 6 heteroatoms. The second-order valence-electron chi connectivity index (χ2n) is 5.75. The normalized spacial score (nSPS) is 11.7. The maximum atomic E-state index is 12.9. The van der Waals surface area contributed by atoms with Crippen LogP contribution in [0.2, 0.25) is 5.02 Å². The van der Waals surface area contributed by atoms with Gasteiger partial charge in [0.2, 0.25) is 11.8 Å². The molecule has 2 amide bonds. The summed E-state index contributed by atoms with van der Waals surface area (Å²) in [5, 5.41) is 3.19. The Morgan fingerprint density at radius 1 is 1.16 bits per heavy atom. The van der Waals surface area contributed by atoms with E-state index in [2.05, 4.69) is 21.2 Å². The van der Waals surface area contributed by atoms with Gasteiger partial charge in [-0.2, -0.15) is 0 Å². The molecule has 0 saturated heterocycles. The van der Waals surface area contributed by atoms with E-state index in [1.807, 2.05) is 36.4 Å². The standard InChI is InChI=1S/C19H20BrClN2O2/c1-13(19(25)22-2)23(12-14-6-8-16(20)9-7-14)18(24)11-15-4-3-5-17(21)10-15/h3-10,13H,11-12H2,1-2H3,(H,22,25)/t13-/m0/s1. The van der Waals surface area contributed by atoms with Crippen molar-refractivity contribution >= 4 is 39.3 Å². The number of carbonyl (C=O) groups is 2. The molecule has 0 heterocycles. The van der Waals surface area contributed by atoms with Crippen molar-refractivity contribution in [1.29, 1.82) is 0 Å². The van der Waals surface area contributed by atoms with Crippen molar-refractivity contribution in [3.8, 4) is 0 Å². The third-order valence-electron chi connectivity index (χ3n) is 3.92. The molecule has 0 aromatic heterocycles. The highest BCUT2D eigenvalue weighted by Crippen LogP contribution is 2.17. The molecule has 0 aliphatic carbocycles. The third kappa shape index (κ3) is 5.58. The van der Waals surface area contributed by atoms with Crippen LogP contribution in [0.4, 0.5) is 0 Å². The summed E-state index contributed by atoms with van der Waals surface area (Å²) in [6, 6.07) is 14.3. The largest absolute Gasteiger partial charge is 0.357 e. The first-order valence-electron chi connectivity index (χ1n) is 7.90. The number of hydrogen-bond donors (Lipinski definition) is 1. The van der Waals surface area contributed by atoms with Crippen molar-refractivity contribution in [3.05, 3.63) is 69.2 Å². The molecule has 4 nitrogen and oxygen atoms in total. The van der Waals surface area contributed by atoms with E-state index in [9.17, 15) is 9.59 Å². The fourth-order valence-corrected chi connectivity index (χ4v) is 2.98. The van der Waals surface area contributed by atoms with Crippen molar-refractivity contribution < 1.29 is 9.59 Å². The Balaban J connectivity index is 2.21. The van der Waals surface area contributed by atoms with Gasteiger partial charge in [0.1, 0.15) is 6.04 Å². The minimum atomic E-state index is -0.569. The summed E-state index contributed by atoms with van der Waals surface area (Å²) in [5.41, 5.74) is 1.78. The fraction of sp³-hybridized carbons (Fsp3) is 0.263. The molecule has 0 radical (unpaired) electrons. The highest BCUT2D eigenvalue weighted by molar-refractivity contribution is 9.10. The monoisotopic (exact) mass is 422 g/mol. The summed E-state index contributed by atoms with van der Waals surface area (Å²) in [4.78, 5) is 26.5. The van der Waals surface area contributed by atoms with E-state index in [1.54, 1.807) is 31.0 Å². The number of halogens is 2. The SMILES string of the molecule is CNC(=O)[C@H](C)N(Cc1ccc(Br)cc1)C(=O)Cc1cccc(Cl)c1. The van der Waals surface area contributed by atoms with Crippen LogP contribution in [0.15, 0.2) is 53.0 Å². The van der Waals surface area contributed by atoms with E-state index >= 15 is 0 Å². The van der Waals surface area contributed by atoms with Crippen LogP contribution < -0.4 is 5.32 Å². The van der Waals surface area contributed by atoms with E-state index < -0.39 is 6.04 Å². The molecule has 0 unspecified atom stereocenters. The van der Waals surface area contributed by atoms with Gasteiger partial charge in [-0.1, -0.05) is 51.8 Å². The van der Waals surface area contributed by atoms with Crippen LogP contribution in [0.1, 0.15) is 18.1 Å². The van der Waals surface area contributed by atoms with Gasteiger partial charge < -0.3 is 10.2 Å². The Kier molecular flexibility index (Phi) is 7.02. The van der Waals surface area contributed by atoms with Crippen LogP contribution in [0, 0.1) is 0 Å². The summed E-state index contributed by atoms with van der Waals surface area (Å²) in [7, 11) is 1.57. The Bertz CT molecular complexity index is 749. The summed E-state index contributed by atoms with van der Waals surface area (Å²) in [5.74, 6) is -0.321. The van der Waals surface area contributed by atoms with Gasteiger partial charge in [-0.15, -0.1) is 0 Å². The number of rotatable bonds is 6. The molecule has 132 valence electrons. The molecule has 0 spiro atoms. The van der Waals surface area contributed by atoms with Crippen LogP contribution in [-0.2, 0) is 22.6 Å². The maximum Gasteiger partial charge on any atom is 0.242 e. The van der Waals surface area contributed by atoms with Crippen LogP contribution in [0.5, 0.6) is 0 Å². The Labute approximate surface area is 161 Å². The first kappa shape index (κ1) is 19.5. The van der Waals surface area contributed by atoms with Gasteiger partial charge in [-0.25, -0.2) is 0 Å². The van der Waals surface area contributed by atoms with Crippen molar-refractivity contribution in [2.45, 2.75) is 25.9 Å². The molecule has 25 heavy (non-hydrogen) atoms. The van der Waals surface area contributed by atoms with Crippen molar-refractivity contribution in [2.24, 2.45) is 0 Å². The molecular weight excluding hydrogens is 404 g/mol. The zero-order valence-electron chi connectivity index (χ0n) is 14.1. The van der Waals surface area contributed by atoms with Crippen molar-refractivity contribution in [1.82, 2.24) is 10.2 Å². The summed E-state index contributed by atoms with van der Waals surface area (Å²) >= 11 is 9.39. The van der Waals surface area contributed by atoms with Gasteiger partial charge in [0.05, 0.1) is 6.42 Å². The second-order valence-corrected chi connectivity index (χ2v) is 7.10. The maximum absolute atomic E-state index is 12.9. The number of amides is 2. The average molecular weight is 424 g/mol. The third-order valence-corrected chi connectivity index (χ3v) is 4.69. The molecule has 2 aromatic rings. The topological polar surface area (TPSA) is 49.4 Å². The molecule has 1 N–H and O–H groups in total.